The highest BCUT2D eigenvalue weighted by molar-refractivity contribution is 7.47. The Morgan fingerprint density at radius 1 is 0.290 bits per heavy atom. The summed E-state index contributed by atoms with van der Waals surface area (Å²) in [6.07, 6.45) is 79.0. The Bertz CT molecular complexity index is 2370. The van der Waals surface area contributed by atoms with E-state index >= 15 is 0 Å². The second-order valence-electron chi connectivity index (χ2n) is 25.6. The number of carbonyl (C=O) groups is 4. The SMILES string of the molecule is CC/C=C\C/C=C\C/C=C\C/C=C\CCCCC(=O)OCC(COP(=O)(O)OCC(O)COP(=O)(O)OCC(COC(=O)CCCCCCCC/C=C\C/C=C\C/C=C\CCCCC)OC(=O)CCCCCCC/C=C\CCCCCC)OC(=O)CCCCCCC/C=C\C/C=C\CCC. The van der Waals surface area contributed by atoms with Crippen molar-refractivity contribution < 1.29 is 80.2 Å². The summed E-state index contributed by atoms with van der Waals surface area (Å²) in [5, 5.41) is 10.6. The maximum atomic E-state index is 13.1. The van der Waals surface area contributed by atoms with E-state index in [0.717, 1.165) is 186 Å². The van der Waals surface area contributed by atoms with Crippen molar-refractivity contribution in [2.24, 2.45) is 0 Å². The minimum Gasteiger partial charge on any atom is -0.462 e. The van der Waals surface area contributed by atoms with Gasteiger partial charge in [-0.05, 0) is 154 Å². The topological polar surface area (TPSA) is 237 Å². The Labute approximate surface area is 606 Å². The molecule has 0 amide bonds. The number of aliphatic hydroxyl groups is 1. The number of rotatable bonds is 72. The lowest BCUT2D eigenvalue weighted by molar-refractivity contribution is -0.161. The van der Waals surface area contributed by atoms with E-state index in [4.69, 9.17) is 37.0 Å². The summed E-state index contributed by atoms with van der Waals surface area (Å²) in [4.78, 5) is 72.9. The van der Waals surface area contributed by atoms with Crippen LogP contribution in [-0.4, -0.2) is 96.7 Å². The maximum absolute atomic E-state index is 13.1. The van der Waals surface area contributed by atoms with Crippen molar-refractivity contribution in [3.8, 4) is 0 Å². The molecular weight excluding hydrogens is 1310 g/mol. The lowest BCUT2D eigenvalue weighted by atomic mass is 10.1. The van der Waals surface area contributed by atoms with E-state index in [1.54, 1.807) is 0 Å². The highest BCUT2D eigenvalue weighted by atomic mass is 31.2. The van der Waals surface area contributed by atoms with Crippen LogP contribution in [0.3, 0.4) is 0 Å². The van der Waals surface area contributed by atoms with Crippen molar-refractivity contribution in [1.29, 1.82) is 0 Å². The van der Waals surface area contributed by atoms with Gasteiger partial charge in [0.05, 0.1) is 26.4 Å². The summed E-state index contributed by atoms with van der Waals surface area (Å²) < 4.78 is 68.4. The highest BCUT2D eigenvalue weighted by Gasteiger charge is 2.30. The van der Waals surface area contributed by atoms with Crippen LogP contribution in [0.2, 0.25) is 0 Å². The molecule has 5 unspecified atom stereocenters. The number of phosphoric ester groups is 2. The monoisotopic (exact) mass is 1440 g/mol. The summed E-state index contributed by atoms with van der Waals surface area (Å²) in [6, 6.07) is 0. The van der Waals surface area contributed by atoms with Crippen LogP contribution in [0.5, 0.6) is 0 Å². The first-order chi connectivity index (χ1) is 48.7. The number of allylic oxidation sites excluding steroid dienone is 20. The average molecular weight is 1450 g/mol. The molecule has 0 aromatic heterocycles. The number of hydrogen-bond acceptors (Lipinski definition) is 15. The van der Waals surface area contributed by atoms with Crippen molar-refractivity contribution in [3.63, 3.8) is 0 Å². The smallest absolute Gasteiger partial charge is 0.462 e. The number of carbonyl (C=O) groups excluding carboxylic acids is 4. The molecule has 0 aliphatic carbocycles. The quantitative estimate of drug-likeness (QED) is 0.0169. The van der Waals surface area contributed by atoms with Gasteiger partial charge in [-0.3, -0.25) is 37.3 Å². The predicted octanol–water partition coefficient (Wildman–Crippen LogP) is 22.3. The molecule has 0 aromatic rings. The van der Waals surface area contributed by atoms with E-state index in [1.165, 1.54) is 44.9 Å². The zero-order valence-corrected chi connectivity index (χ0v) is 64.4. The van der Waals surface area contributed by atoms with Gasteiger partial charge in [0.1, 0.15) is 19.3 Å². The standard InChI is InChI=1S/C81H138O17P2/c1-5-9-13-17-21-25-29-33-35-36-37-38-40-44-46-50-54-58-62-66-79(84)92-72-77(98-81(86)68-64-60-56-52-48-42-32-28-24-20-16-12-8-4)74-96-100(89,90)94-70-75(82)69-93-99(87,88)95-73-76(97-80(85)67-63-59-55-51-47-41-31-27-23-19-15-11-7-3)71-91-78(83)65-61-57-53-49-45-43-39-34-30-26-22-18-14-10-6-2/h10,14-15,19,21-22,25-28,31-35,37-39,45,49,75-77,82H,5-9,11-13,16-18,20,23-24,29-30,36,40-44,46-48,50-74H2,1-4H3,(H,87,88)(H,89,90)/b14-10-,19-15-,25-21-,26-22-,31-27-,32-28-,35-33-,38-37-,39-34-,49-45-. The molecular formula is C81H138O17P2. The average Bonchev–Trinajstić information content (AvgIpc) is 0.936. The number of aliphatic hydroxyl groups excluding tert-OH is 1. The number of hydrogen-bond donors (Lipinski definition) is 3. The summed E-state index contributed by atoms with van der Waals surface area (Å²) >= 11 is 0. The van der Waals surface area contributed by atoms with Crippen molar-refractivity contribution in [3.05, 3.63) is 122 Å². The molecule has 0 heterocycles. The zero-order valence-electron chi connectivity index (χ0n) is 62.6. The second-order valence-corrected chi connectivity index (χ2v) is 28.5. The fourth-order valence-corrected chi connectivity index (χ4v) is 11.5. The van der Waals surface area contributed by atoms with Crippen LogP contribution in [0.25, 0.3) is 0 Å². The first-order valence-corrected chi connectivity index (χ1v) is 41.8. The summed E-state index contributed by atoms with van der Waals surface area (Å²) in [5.41, 5.74) is 0. The molecule has 19 heteroatoms. The Hall–Kier alpha value is -4.54. The van der Waals surface area contributed by atoms with Gasteiger partial charge in [-0.1, -0.05) is 252 Å². The van der Waals surface area contributed by atoms with Crippen molar-refractivity contribution in [1.82, 2.24) is 0 Å². The number of phosphoric acid groups is 2. The third-order valence-corrected chi connectivity index (χ3v) is 17.8. The molecule has 0 aliphatic rings. The highest BCUT2D eigenvalue weighted by Crippen LogP contribution is 2.45. The fourth-order valence-electron chi connectivity index (χ4n) is 9.96. The Morgan fingerprint density at radius 3 is 0.890 bits per heavy atom. The Morgan fingerprint density at radius 2 is 0.540 bits per heavy atom. The zero-order chi connectivity index (χ0) is 73.2. The van der Waals surface area contributed by atoms with Crippen LogP contribution >= 0.6 is 15.6 Å². The molecule has 574 valence electrons. The van der Waals surface area contributed by atoms with Gasteiger partial charge in [0.2, 0.25) is 0 Å². The molecule has 0 aromatic carbocycles. The van der Waals surface area contributed by atoms with E-state index in [1.807, 2.05) is 0 Å². The number of ether oxygens (including phenoxy) is 4. The molecule has 0 aliphatic heterocycles. The van der Waals surface area contributed by atoms with E-state index in [9.17, 15) is 43.2 Å². The van der Waals surface area contributed by atoms with Crippen LogP contribution in [0.15, 0.2) is 122 Å². The summed E-state index contributed by atoms with van der Waals surface area (Å²) in [7, 11) is -9.97. The molecule has 0 radical (unpaired) electrons. The van der Waals surface area contributed by atoms with E-state index in [2.05, 4.69) is 149 Å². The van der Waals surface area contributed by atoms with Crippen molar-refractivity contribution >= 4 is 39.5 Å². The Kier molecular flexibility index (Phi) is 69.5. The molecule has 3 N–H and O–H groups in total. The van der Waals surface area contributed by atoms with Crippen LogP contribution < -0.4 is 0 Å². The van der Waals surface area contributed by atoms with Crippen molar-refractivity contribution in [2.45, 2.75) is 329 Å². The molecule has 0 saturated heterocycles. The molecule has 5 atom stereocenters. The number of esters is 4. The van der Waals surface area contributed by atoms with Crippen LogP contribution in [0.4, 0.5) is 0 Å². The molecule has 17 nitrogen and oxygen atoms in total. The first kappa shape index (κ1) is 95.5. The predicted molar refractivity (Wildman–Crippen MR) is 408 cm³/mol. The molecule has 0 bridgehead atoms. The van der Waals surface area contributed by atoms with Gasteiger partial charge in [0, 0.05) is 25.7 Å². The Balaban J connectivity index is 5.38. The van der Waals surface area contributed by atoms with Gasteiger partial charge >= 0.3 is 39.5 Å². The van der Waals surface area contributed by atoms with Crippen LogP contribution in [0, 0.1) is 0 Å². The minimum absolute atomic E-state index is 0.0670. The fraction of sp³-hybridized carbons (Fsp3) is 0.704. The van der Waals surface area contributed by atoms with Crippen LogP contribution in [0.1, 0.15) is 310 Å². The summed E-state index contributed by atoms with van der Waals surface area (Å²) in [6.45, 7) is 4.57. The van der Waals surface area contributed by atoms with E-state index in [-0.39, 0.29) is 25.7 Å². The lowest BCUT2D eigenvalue weighted by Gasteiger charge is -2.21. The summed E-state index contributed by atoms with van der Waals surface area (Å²) in [5.74, 6) is -2.26. The lowest BCUT2D eigenvalue weighted by Crippen LogP contribution is -2.30. The third-order valence-electron chi connectivity index (χ3n) is 15.9. The minimum atomic E-state index is -4.99. The van der Waals surface area contributed by atoms with Gasteiger partial charge < -0.3 is 33.8 Å². The molecule has 0 spiro atoms. The molecule has 100 heavy (non-hydrogen) atoms. The van der Waals surface area contributed by atoms with Gasteiger partial charge in [-0.15, -0.1) is 0 Å². The van der Waals surface area contributed by atoms with Crippen molar-refractivity contribution in [2.75, 3.05) is 39.6 Å². The second kappa shape index (κ2) is 72.8. The van der Waals surface area contributed by atoms with Gasteiger partial charge in [-0.2, -0.15) is 0 Å². The first-order valence-electron chi connectivity index (χ1n) is 38.8. The molecule has 0 fully saturated rings. The van der Waals surface area contributed by atoms with Gasteiger partial charge in [-0.25, -0.2) is 9.13 Å². The van der Waals surface area contributed by atoms with Gasteiger partial charge in [0.15, 0.2) is 12.2 Å². The number of unbranched alkanes of at least 4 members (excludes halogenated alkanes) is 26. The maximum Gasteiger partial charge on any atom is 0.472 e. The van der Waals surface area contributed by atoms with E-state index in [0.29, 0.717) is 25.7 Å². The van der Waals surface area contributed by atoms with Crippen LogP contribution in [-0.2, 0) is 65.4 Å². The molecule has 0 rings (SSSR count). The normalized spacial score (nSPS) is 14.6. The largest absolute Gasteiger partial charge is 0.472 e. The van der Waals surface area contributed by atoms with E-state index < -0.39 is 97.5 Å². The third kappa shape index (κ3) is 71.8. The van der Waals surface area contributed by atoms with Gasteiger partial charge in [0.25, 0.3) is 0 Å². The molecule has 0 saturated carbocycles.